The fourth-order valence-electron chi connectivity index (χ4n) is 2.21. The zero-order chi connectivity index (χ0) is 16.0. The summed E-state index contributed by atoms with van der Waals surface area (Å²) in [6.07, 6.45) is 0.514. The van der Waals surface area contributed by atoms with Gasteiger partial charge in [0.25, 0.3) is 0 Å². The number of amides is 1. The predicted molar refractivity (Wildman–Crippen MR) is 84.0 cm³/mol. The number of nitrogens with zero attached hydrogens (tertiary/aromatic N) is 1. The van der Waals surface area contributed by atoms with Gasteiger partial charge < -0.3 is 4.74 Å². The van der Waals surface area contributed by atoms with Crippen molar-refractivity contribution in [2.45, 2.75) is 41.0 Å². The minimum Gasteiger partial charge on any atom is -0.463 e. The summed E-state index contributed by atoms with van der Waals surface area (Å²) in [4.78, 5) is 25.6. The molecular weight excluding hydrogens is 266 g/mol. The van der Waals surface area contributed by atoms with Crippen molar-refractivity contribution in [3.8, 4) is 0 Å². The lowest BCUT2D eigenvalue weighted by atomic mass is 10.1. The first kappa shape index (κ1) is 17.0. The molecule has 0 bridgehead atoms. The third-order valence-electron chi connectivity index (χ3n) is 3.25. The summed E-state index contributed by atoms with van der Waals surface area (Å²) in [7, 11) is 0. The van der Waals surface area contributed by atoms with E-state index >= 15 is 0 Å². The van der Waals surface area contributed by atoms with E-state index in [1.165, 1.54) is 6.92 Å². The average Bonchev–Trinajstić information content (AvgIpc) is 2.42. The maximum absolute atomic E-state index is 12.0. The lowest BCUT2D eigenvalue weighted by Gasteiger charge is -2.24. The molecule has 1 amide bonds. The molecule has 0 saturated carbocycles. The summed E-state index contributed by atoms with van der Waals surface area (Å²) in [6.45, 7) is 9.21. The molecule has 4 nitrogen and oxygen atoms in total. The minimum atomic E-state index is -0.365. The Morgan fingerprint density at radius 1 is 1.10 bits per heavy atom. The maximum Gasteiger partial charge on any atom is 0.335 e. The molecule has 1 rings (SSSR count). The summed E-state index contributed by atoms with van der Waals surface area (Å²) in [5, 5.41) is 0. The molecule has 0 saturated heterocycles. The van der Waals surface area contributed by atoms with Crippen molar-refractivity contribution in [3.05, 3.63) is 41.1 Å². The van der Waals surface area contributed by atoms with Crippen LogP contribution in [0, 0.1) is 6.92 Å². The predicted octanol–water partition coefficient (Wildman–Crippen LogP) is 3.60. The Hall–Kier alpha value is -2.10. The van der Waals surface area contributed by atoms with E-state index in [4.69, 9.17) is 4.74 Å². The van der Waals surface area contributed by atoms with Crippen LogP contribution in [0.15, 0.2) is 35.5 Å². The molecule has 0 aliphatic rings. The average molecular weight is 289 g/mol. The van der Waals surface area contributed by atoms with Gasteiger partial charge in [-0.2, -0.15) is 0 Å². The Labute approximate surface area is 126 Å². The summed E-state index contributed by atoms with van der Waals surface area (Å²) >= 11 is 0. The van der Waals surface area contributed by atoms with Gasteiger partial charge in [0.05, 0.1) is 12.2 Å². The minimum absolute atomic E-state index is 0.133. The van der Waals surface area contributed by atoms with Crippen LogP contribution in [0.2, 0.25) is 0 Å². The van der Waals surface area contributed by atoms with E-state index in [1.807, 2.05) is 38.1 Å². The molecule has 0 atom stereocenters. The standard InChI is InChI=1S/C17H23NO3/c1-6-16(17(20)21-7-2)13(4)18(14(5)19)15-10-8-12(3)9-11-15/h8-11H,6-7H2,1-5H3/b16-13-. The molecule has 1 aromatic carbocycles. The van der Waals surface area contributed by atoms with Gasteiger partial charge in [-0.05, 0) is 39.3 Å². The number of ether oxygens (including phenoxy) is 1. The Kier molecular flexibility index (Phi) is 6.15. The third-order valence-corrected chi connectivity index (χ3v) is 3.25. The fourth-order valence-corrected chi connectivity index (χ4v) is 2.21. The number of carbonyl (C=O) groups is 2. The number of anilines is 1. The van der Waals surface area contributed by atoms with Crippen LogP contribution in [0.1, 0.15) is 39.7 Å². The van der Waals surface area contributed by atoms with Crippen LogP contribution in [-0.4, -0.2) is 18.5 Å². The third kappa shape index (κ3) is 4.18. The summed E-state index contributed by atoms with van der Waals surface area (Å²) in [5.41, 5.74) is 3.01. The summed E-state index contributed by atoms with van der Waals surface area (Å²) < 4.78 is 5.07. The Morgan fingerprint density at radius 2 is 1.67 bits per heavy atom. The second kappa shape index (κ2) is 7.62. The fraction of sp³-hybridized carbons (Fsp3) is 0.412. The van der Waals surface area contributed by atoms with Gasteiger partial charge in [-0.3, -0.25) is 9.69 Å². The van der Waals surface area contributed by atoms with Gasteiger partial charge in [0.1, 0.15) is 0 Å². The van der Waals surface area contributed by atoms with E-state index in [1.54, 1.807) is 18.7 Å². The molecule has 0 unspecified atom stereocenters. The van der Waals surface area contributed by atoms with Crippen molar-refractivity contribution in [2.24, 2.45) is 0 Å². The smallest absolute Gasteiger partial charge is 0.335 e. The number of aryl methyl sites for hydroxylation is 1. The van der Waals surface area contributed by atoms with Crippen LogP contribution in [0.3, 0.4) is 0 Å². The van der Waals surface area contributed by atoms with Gasteiger partial charge >= 0.3 is 5.97 Å². The number of rotatable bonds is 5. The number of esters is 1. The normalized spacial score (nSPS) is 11.7. The van der Waals surface area contributed by atoms with Crippen molar-refractivity contribution < 1.29 is 14.3 Å². The summed E-state index contributed by atoms with van der Waals surface area (Å²) in [6, 6.07) is 7.63. The first-order valence-corrected chi connectivity index (χ1v) is 7.16. The van der Waals surface area contributed by atoms with E-state index in [9.17, 15) is 9.59 Å². The lowest BCUT2D eigenvalue weighted by molar-refractivity contribution is -0.138. The van der Waals surface area contributed by atoms with Gasteiger partial charge in [-0.15, -0.1) is 0 Å². The first-order chi connectivity index (χ1) is 9.92. The lowest BCUT2D eigenvalue weighted by Crippen LogP contribution is -2.29. The van der Waals surface area contributed by atoms with Crippen LogP contribution >= 0.6 is 0 Å². The van der Waals surface area contributed by atoms with Gasteiger partial charge in [0.15, 0.2) is 0 Å². The second-order valence-electron chi connectivity index (χ2n) is 4.83. The molecule has 0 N–H and O–H groups in total. The van der Waals surface area contributed by atoms with E-state index in [2.05, 4.69) is 0 Å². The quantitative estimate of drug-likeness (QED) is 0.614. The van der Waals surface area contributed by atoms with E-state index < -0.39 is 0 Å². The van der Waals surface area contributed by atoms with E-state index in [0.717, 1.165) is 11.3 Å². The largest absolute Gasteiger partial charge is 0.463 e. The maximum atomic E-state index is 12.0. The molecular formula is C17H23NO3. The number of hydrogen-bond acceptors (Lipinski definition) is 3. The second-order valence-corrected chi connectivity index (χ2v) is 4.83. The Bertz CT molecular complexity index is 544. The van der Waals surface area contributed by atoms with Gasteiger partial charge in [-0.1, -0.05) is 24.6 Å². The highest BCUT2D eigenvalue weighted by Crippen LogP contribution is 2.23. The monoisotopic (exact) mass is 289 g/mol. The highest BCUT2D eigenvalue weighted by atomic mass is 16.5. The molecule has 114 valence electrons. The van der Waals surface area contributed by atoms with Crippen molar-refractivity contribution in [3.63, 3.8) is 0 Å². The van der Waals surface area contributed by atoms with Crippen molar-refractivity contribution >= 4 is 17.6 Å². The number of hydrogen-bond donors (Lipinski definition) is 0. The molecule has 0 spiro atoms. The molecule has 0 aliphatic heterocycles. The van der Waals surface area contributed by atoms with Crippen molar-refractivity contribution in [1.29, 1.82) is 0 Å². The van der Waals surface area contributed by atoms with Gasteiger partial charge in [0, 0.05) is 18.3 Å². The number of benzene rings is 1. The zero-order valence-electron chi connectivity index (χ0n) is 13.4. The molecule has 0 fully saturated rings. The highest BCUT2D eigenvalue weighted by molar-refractivity contribution is 5.98. The van der Waals surface area contributed by atoms with E-state index in [-0.39, 0.29) is 11.9 Å². The van der Waals surface area contributed by atoms with Gasteiger partial charge in [0.2, 0.25) is 5.91 Å². The first-order valence-electron chi connectivity index (χ1n) is 7.16. The Balaban J connectivity index is 3.28. The molecule has 0 aliphatic carbocycles. The SMILES string of the molecule is CCOC(=O)/C(CC)=C(/C)N(C(C)=O)c1ccc(C)cc1. The zero-order valence-corrected chi connectivity index (χ0v) is 13.4. The van der Waals surface area contributed by atoms with E-state index in [0.29, 0.717) is 24.3 Å². The topological polar surface area (TPSA) is 46.6 Å². The molecule has 21 heavy (non-hydrogen) atoms. The Morgan fingerprint density at radius 3 is 2.10 bits per heavy atom. The van der Waals surface area contributed by atoms with Crippen LogP contribution in [0.4, 0.5) is 5.69 Å². The van der Waals surface area contributed by atoms with Crippen LogP contribution < -0.4 is 4.90 Å². The number of carbonyl (C=O) groups excluding carboxylic acids is 2. The van der Waals surface area contributed by atoms with Gasteiger partial charge in [-0.25, -0.2) is 4.79 Å². The van der Waals surface area contributed by atoms with Crippen molar-refractivity contribution in [1.82, 2.24) is 0 Å². The van der Waals surface area contributed by atoms with Crippen LogP contribution in [0.25, 0.3) is 0 Å². The molecule has 0 heterocycles. The molecule has 4 heteroatoms. The highest BCUT2D eigenvalue weighted by Gasteiger charge is 2.20. The molecule has 0 aromatic heterocycles. The van der Waals surface area contributed by atoms with Crippen LogP contribution in [-0.2, 0) is 14.3 Å². The van der Waals surface area contributed by atoms with Crippen molar-refractivity contribution in [2.75, 3.05) is 11.5 Å². The molecule has 0 radical (unpaired) electrons. The number of allylic oxidation sites excluding steroid dienone is 1. The van der Waals surface area contributed by atoms with Crippen LogP contribution in [0.5, 0.6) is 0 Å². The summed E-state index contributed by atoms with van der Waals surface area (Å²) in [5.74, 6) is -0.498. The molecule has 1 aromatic rings.